The first-order valence-corrected chi connectivity index (χ1v) is 9.21. The van der Waals surface area contributed by atoms with Gasteiger partial charge in [0.25, 0.3) is 0 Å². The molecule has 0 aromatic heterocycles. The molecule has 0 aliphatic rings. The third-order valence-corrected chi connectivity index (χ3v) is 4.23. The highest BCUT2D eigenvalue weighted by atomic mass is 79.9. The lowest BCUT2D eigenvalue weighted by Crippen LogP contribution is -1.98. The molecule has 1 aromatic carbocycles. The number of hydrogen-bond donors (Lipinski definition) is 0. The molecule has 0 spiro atoms. The number of carbonyl (C=O) groups excluding carboxylic acids is 1. The van der Waals surface area contributed by atoms with Gasteiger partial charge in [-0.25, -0.2) is 0 Å². The van der Waals surface area contributed by atoms with Gasteiger partial charge >= 0.3 is 0 Å². The molecule has 0 N–H and O–H groups in total. The van der Waals surface area contributed by atoms with Gasteiger partial charge in [-0.15, -0.1) is 0 Å². The standard InChI is InChI=1S/C17H24BrClO2/c18-11-7-5-3-1-2-4-6-8-12-21-17-10-9-15(14-20)13-16(17)19/h9-10,13-14H,1-8,11-12H2. The Bertz CT molecular complexity index is 410. The first-order chi connectivity index (χ1) is 10.3. The van der Waals surface area contributed by atoms with Gasteiger partial charge in [0, 0.05) is 10.9 Å². The lowest BCUT2D eigenvalue weighted by molar-refractivity contribution is 0.112. The second-order valence-electron chi connectivity index (χ2n) is 5.17. The van der Waals surface area contributed by atoms with E-state index in [-0.39, 0.29) is 0 Å². The van der Waals surface area contributed by atoms with Gasteiger partial charge in [-0.1, -0.05) is 66.1 Å². The van der Waals surface area contributed by atoms with E-state index in [1.54, 1.807) is 18.2 Å². The van der Waals surface area contributed by atoms with Crippen LogP contribution in [0.15, 0.2) is 18.2 Å². The lowest BCUT2D eigenvalue weighted by atomic mass is 10.1. The van der Waals surface area contributed by atoms with Crippen LogP contribution in [0.1, 0.15) is 61.7 Å². The molecule has 0 unspecified atom stereocenters. The van der Waals surface area contributed by atoms with E-state index in [0.717, 1.165) is 18.0 Å². The number of halogens is 2. The van der Waals surface area contributed by atoms with Crippen molar-refractivity contribution in [2.75, 3.05) is 11.9 Å². The Hall–Kier alpha value is -0.540. The Morgan fingerprint density at radius 1 is 1.00 bits per heavy atom. The van der Waals surface area contributed by atoms with Gasteiger partial charge in [-0.3, -0.25) is 4.79 Å². The van der Waals surface area contributed by atoms with Crippen molar-refractivity contribution in [2.24, 2.45) is 0 Å². The van der Waals surface area contributed by atoms with Crippen LogP contribution < -0.4 is 4.74 Å². The zero-order valence-electron chi connectivity index (χ0n) is 12.5. The third-order valence-electron chi connectivity index (χ3n) is 3.38. The fraction of sp³-hybridized carbons (Fsp3) is 0.588. The summed E-state index contributed by atoms with van der Waals surface area (Å²) in [6.07, 6.45) is 10.9. The van der Waals surface area contributed by atoms with Crippen LogP contribution in [0, 0.1) is 0 Å². The van der Waals surface area contributed by atoms with E-state index in [2.05, 4.69) is 15.9 Å². The highest BCUT2D eigenvalue weighted by Gasteiger charge is 2.02. The van der Waals surface area contributed by atoms with Crippen molar-refractivity contribution >= 4 is 33.8 Å². The summed E-state index contributed by atoms with van der Waals surface area (Å²) in [5, 5.41) is 1.63. The van der Waals surface area contributed by atoms with Crippen molar-refractivity contribution in [1.29, 1.82) is 0 Å². The van der Waals surface area contributed by atoms with E-state index in [4.69, 9.17) is 16.3 Å². The molecule has 0 fully saturated rings. The van der Waals surface area contributed by atoms with Crippen LogP contribution in [0.25, 0.3) is 0 Å². The van der Waals surface area contributed by atoms with Crippen LogP contribution in [-0.4, -0.2) is 18.2 Å². The normalized spacial score (nSPS) is 10.6. The van der Waals surface area contributed by atoms with Gasteiger partial charge in [0.05, 0.1) is 11.6 Å². The van der Waals surface area contributed by atoms with Gasteiger partial charge < -0.3 is 4.74 Å². The molecule has 118 valence electrons. The number of ether oxygens (including phenoxy) is 1. The van der Waals surface area contributed by atoms with Crippen LogP contribution in [0.4, 0.5) is 0 Å². The molecule has 1 rings (SSSR count). The molecule has 0 bridgehead atoms. The van der Waals surface area contributed by atoms with Crippen molar-refractivity contribution in [3.63, 3.8) is 0 Å². The van der Waals surface area contributed by atoms with E-state index in [0.29, 0.717) is 22.9 Å². The summed E-state index contributed by atoms with van der Waals surface area (Å²) >= 11 is 9.50. The molecule has 4 heteroatoms. The fourth-order valence-electron chi connectivity index (χ4n) is 2.15. The quantitative estimate of drug-likeness (QED) is 0.252. The summed E-state index contributed by atoms with van der Waals surface area (Å²) in [6, 6.07) is 5.12. The van der Waals surface area contributed by atoms with Crippen molar-refractivity contribution in [2.45, 2.75) is 51.4 Å². The Balaban J connectivity index is 2.03. The fourth-order valence-corrected chi connectivity index (χ4v) is 2.79. The minimum absolute atomic E-state index is 0.506. The Kier molecular flexibility index (Phi) is 10.6. The summed E-state index contributed by atoms with van der Waals surface area (Å²) < 4.78 is 5.64. The van der Waals surface area contributed by atoms with Crippen molar-refractivity contribution in [1.82, 2.24) is 0 Å². The second kappa shape index (κ2) is 12.0. The molecule has 21 heavy (non-hydrogen) atoms. The van der Waals surface area contributed by atoms with E-state index in [1.165, 1.54) is 44.9 Å². The second-order valence-corrected chi connectivity index (χ2v) is 6.37. The largest absolute Gasteiger partial charge is 0.492 e. The molecule has 0 saturated carbocycles. The van der Waals surface area contributed by atoms with Gasteiger partial charge in [0.1, 0.15) is 12.0 Å². The SMILES string of the molecule is O=Cc1ccc(OCCCCCCCCCCBr)c(Cl)c1. The summed E-state index contributed by atoms with van der Waals surface area (Å²) in [6.45, 7) is 0.684. The average Bonchev–Trinajstić information content (AvgIpc) is 2.50. The lowest BCUT2D eigenvalue weighted by Gasteiger charge is -2.08. The van der Waals surface area contributed by atoms with Crippen LogP contribution in [-0.2, 0) is 0 Å². The summed E-state index contributed by atoms with van der Waals surface area (Å²) in [7, 11) is 0. The predicted molar refractivity (Wildman–Crippen MR) is 93.1 cm³/mol. The molecule has 0 aliphatic carbocycles. The van der Waals surface area contributed by atoms with Gasteiger partial charge in [0.15, 0.2) is 0 Å². The summed E-state index contributed by atoms with van der Waals surface area (Å²) in [5.41, 5.74) is 0.576. The Morgan fingerprint density at radius 2 is 1.62 bits per heavy atom. The summed E-state index contributed by atoms with van der Waals surface area (Å²) in [4.78, 5) is 10.6. The van der Waals surface area contributed by atoms with Crippen molar-refractivity contribution in [3.05, 3.63) is 28.8 Å². The molecule has 0 radical (unpaired) electrons. The van der Waals surface area contributed by atoms with E-state index >= 15 is 0 Å². The minimum Gasteiger partial charge on any atom is -0.492 e. The number of aldehydes is 1. The third kappa shape index (κ3) is 8.47. The maximum atomic E-state index is 10.6. The van der Waals surface area contributed by atoms with Gasteiger partial charge in [-0.2, -0.15) is 0 Å². The van der Waals surface area contributed by atoms with E-state index in [9.17, 15) is 4.79 Å². The molecule has 1 aromatic rings. The predicted octanol–water partition coefficient (Wildman–Crippen LogP) is 6.05. The highest BCUT2D eigenvalue weighted by Crippen LogP contribution is 2.25. The minimum atomic E-state index is 0.506. The Labute approximate surface area is 141 Å². The summed E-state index contributed by atoms with van der Waals surface area (Å²) in [5.74, 6) is 0.664. The topological polar surface area (TPSA) is 26.3 Å². The average molecular weight is 376 g/mol. The Morgan fingerprint density at radius 3 is 2.19 bits per heavy atom. The van der Waals surface area contributed by atoms with Crippen LogP contribution in [0.3, 0.4) is 0 Å². The van der Waals surface area contributed by atoms with Crippen molar-refractivity contribution in [3.8, 4) is 5.75 Å². The van der Waals surface area contributed by atoms with Crippen molar-refractivity contribution < 1.29 is 9.53 Å². The number of alkyl halides is 1. The maximum absolute atomic E-state index is 10.6. The van der Waals surface area contributed by atoms with Crippen LogP contribution in [0.2, 0.25) is 5.02 Å². The van der Waals surface area contributed by atoms with E-state index in [1.807, 2.05) is 0 Å². The molecule has 0 atom stereocenters. The number of unbranched alkanes of at least 4 members (excludes halogenated alkanes) is 7. The monoisotopic (exact) mass is 374 g/mol. The zero-order chi connectivity index (χ0) is 15.3. The van der Waals surface area contributed by atoms with Crippen LogP contribution >= 0.6 is 27.5 Å². The molecular weight excluding hydrogens is 352 g/mol. The number of rotatable bonds is 12. The first-order valence-electron chi connectivity index (χ1n) is 7.71. The zero-order valence-corrected chi connectivity index (χ0v) is 14.8. The van der Waals surface area contributed by atoms with Gasteiger partial charge in [0.2, 0.25) is 0 Å². The molecule has 2 nitrogen and oxygen atoms in total. The number of benzene rings is 1. The maximum Gasteiger partial charge on any atom is 0.150 e. The number of carbonyl (C=O) groups is 1. The van der Waals surface area contributed by atoms with E-state index < -0.39 is 0 Å². The smallest absolute Gasteiger partial charge is 0.150 e. The van der Waals surface area contributed by atoms with Crippen LogP contribution in [0.5, 0.6) is 5.75 Å². The van der Waals surface area contributed by atoms with Gasteiger partial charge in [-0.05, 0) is 31.0 Å². The molecule has 0 saturated heterocycles. The molecule has 0 heterocycles. The molecular formula is C17H24BrClO2. The molecule has 0 amide bonds. The highest BCUT2D eigenvalue weighted by molar-refractivity contribution is 9.09. The molecule has 0 aliphatic heterocycles. The number of hydrogen-bond acceptors (Lipinski definition) is 2. The first kappa shape index (κ1) is 18.5.